The van der Waals surface area contributed by atoms with Crippen molar-refractivity contribution in [2.24, 2.45) is 5.73 Å². The Hall–Kier alpha value is -2.55. The average molecular weight is 407 g/mol. The average Bonchev–Trinajstić information content (AvgIpc) is 3.22. The lowest BCUT2D eigenvalue weighted by atomic mass is 9.99. The van der Waals surface area contributed by atoms with Crippen LogP contribution >= 0.6 is 11.3 Å². The van der Waals surface area contributed by atoms with Gasteiger partial charge in [-0.15, -0.1) is 11.3 Å². The zero-order valence-corrected chi connectivity index (χ0v) is 16.6. The van der Waals surface area contributed by atoms with Crippen LogP contribution < -0.4 is 16.6 Å². The van der Waals surface area contributed by atoms with Gasteiger partial charge in [-0.1, -0.05) is 37.3 Å². The summed E-state index contributed by atoms with van der Waals surface area (Å²) in [5.41, 5.74) is 10.1. The number of carboxylic acid groups (broad SMARTS) is 2. The first-order valence-electron chi connectivity index (χ1n) is 8.94. The van der Waals surface area contributed by atoms with E-state index in [4.69, 9.17) is 10.8 Å². The maximum atomic E-state index is 12.0. The number of rotatable bonds is 9. The van der Waals surface area contributed by atoms with Crippen LogP contribution in [0.1, 0.15) is 52.9 Å². The Labute approximate surface area is 168 Å². The highest BCUT2D eigenvalue weighted by Gasteiger charge is 2.12. The third kappa shape index (κ3) is 7.59. The Bertz CT molecular complexity index is 759. The first kappa shape index (κ1) is 23.5. The van der Waals surface area contributed by atoms with Crippen LogP contribution in [0.4, 0.5) is 0 Å². The molecule has 0 radical (unpaired) electrons. The van der Waals surface area contributed by atoms with Gasteiger partial charge in [0.1, 0.15) is 6.04 Å². The molecule has 0 spiro atoms. The highest BCUT2D eigenvalue weighted by molar-refractivity contribution is 7.12. The normalized spacial score (nSPS) is 12.4. The van der Waals surface area contributed by atoms with E-state index < -0.39 is 23.9 Å². The van der Waals surface area contributed by atoms with Gasteiger partial charge in [-0.2, -0.15) is 0 Å². The van der Waals surface area contributed by atoms with Crippen LogP contribution in [0.2, 0.25) is 0 Å². The number of nitrogens with two attached hydrogens (primary N) is 1. The molecule has 0 fully saturated rings. The van der Waals surface area contributed by atoms with Crippen molar-refractivity contribution in [1.29, 1.82) is 0 Å². The van der Waals surface area contributed by atoms with Gasteiger partial charge in [0.25, 0.3) is 0 Å². The Morgan fingerprint density at radius 3 is 2.29 bits per heavy atom. The summed E-state index contributed by atoms with van der Waals surface area (Å²) in [7, 11) is 0. The molecule has 7 nitrogen and oxygen atoms in total. The summed E-state index contributed by atoms with van der Waals surface area (Å²) in [4.78, 5) is 33.6. The van der Waals surface area contributed by atoms with Gasteiger partial charge >= 0.3 is 5.97 Å². The molecule has 152 valence electrons. The van der Waals surface area contributed by atoms with Crippen molar-refractivity contribution in [2.75, 3.05) is 6.54 Å². The molecule has 0 bridgehead atoms. The number of quaternary nitrogens is 1. The predicted molar refractivity (Wildman–Crippen MR) is 105 cm³/mol. The minimum atomic E-state index is -1.12. The Morgan fingerprint density at radius 1 is 1.18 bits per heavy atom. The SMILES string of the molecule is CC(C(=O)[O-])c1ccc(C(=O)c2cccs2)cc1.N[C@@H](CCCC[NH3+])C(=O)O. The molecule has 28 heavy (non-hydrogen) atoms. The first-order chi connectivity index (χ1) is 13.3. The molecule has 0 amide bonds. The van der Waals surface area contributed by atoms with E-state index in [-0.39, 0.29) is 5.78 Å². The number of unbranched alkanes of at least 4 members (excludes halogenated alkanes) is 1. The molecule has 1 unspecified atom stereocenters. The van der Waals surface area contributed by atoms with E-state index in [1.165, 1.54) is 11.3 Å². The lowest BCUT2D eigenvalue weighted by molar-refractivity contribution is -0.368. The van der Waals surface area contributed by atoms with Crippen LogP contribution in [0.15, 0.2) is 41.8 Å². The minimum Gasteiger partial charge on any atom is -0.550 e. The molecule has 0 aliphatic rings. The number of hydrogen-bond acceptors (Lipinski definition) is 6. The molecule has 2 aromatic rings. The fourth-order valence-corrected chi connectivity index (χ4v) is 2.96. The zero-order chi connectivity index (χ0) is 21.1. The number of hydrogen-bond donors (Lipinski definition) is 3. The van der Waals surface area contributed by atoms with E-state index in [0.29, 0.717) is 22.4 Å². The van der Waals surface area contributed by atoms with Gasteiger partial charge in [0, 0.05) is 17.5 Å². The van der Waals surface area contributed by atoms with E-state index in [1.54, 1.807) is 37.3 Å². The van der Waals surface area contributed by atoms with Crippen molar-refractivity contribution in [1.82, 2.24) is 0 Å². The third-order valence-corrected chi connectivity index (χ3v) is 4.97. The predicted octanol–water partition coefficient (Wildman–Crippen LogP) is 0.643. The second-order valence-electron chi connectivity index (χ2n) is 6.26. The van der Waals surface area contributed by atoms with Crippen molar-refractivity contribution < 1.29 is 30.3 Å². The van der Waals surface area contributed by atoms with Crippen LogP contribution in [0.3, 0.4) is 0 Å². The fraction of sp³-hybridized carbons (Fsp3) is 0.350. The van der Waals surface area contributed by atoms with Gasteiger partial charge in [0.15, 0.2) is 0 Å². The number of carbonyl (C=O) groups is 3. The molecular weight excluding hydrogens is 380 g/mol. The van der Waals surface area contributed by atoms with Crippen molar-refractivity contribution in [3.63, 3.8) is 0 Å². The van der Waals surface area contributed by atoms with Crippen LogP contribution in [-0.4, -0.2) is 35.4 Å². The fourth-order valence-electron chi connectivity index (χ4n) is 2.27. The summed E-state index contributed by atoms with van der Waals surface area (Å²) in [6, 6.07) is 9.51. The lowest BCUT2D eigenvalue weighted by Gasteiger charge is -2.12. The van der Waals surface area contributed by atoms with Gasteiger partial charge in [0.2, 0.25) is 5.78 Å². The molecule has 1 heterocycles. The Balaban J connectivity index is 0.000000336. The molecule has 8 heteroatoms. The van der Waals surface area contributed by atoms with Gasteiger partial charge in [0.05, 0.1) is 11.4 Å². The second kappa shape index (κ2) is 12.0. The van der Waals surface area contributed by atoms with E-state index >= 15 is 0 Å². The molecule has 0 saturated carbocycles. The number of ketones is 1. The maximum absolute atomic E-state index is 12.0. The van der Waals surface area contributed by atoms with Crippen LogP contribution in [0.5, 0.6) is 0 Å². The van der Waals surface area contributed by atoms with E-state index in [9.17, 15) is 19.5 Å². The molecule has 1 aromatic carbocycles. The minimum absolute atomic E-state index is 0.0438. The van der Waals surface area contributed by atoms with Crippen molar-refractivity contribution in [3.8, 4) is 0 Å². The van der Waals surface area contributed by atoms with Gasteiger partial charge < -0.3 is 26.5 Å². The van der Waals surface area contributed by atoms with E-state index in [1.807, 2.05) is 11.4 Å². The second-order valence-corrected chi connectivity index (χ2v) is 7.21. The lowest BCUT2D eigenvalue weighted by Crippen LogP contribution is -2.50. The van der Waals surface area contributed by atoms with Crippen LogP contribution in [0.25, 0.3) is 0 Å². The molecule has 0 aliphatic heterocycles. The maximum Gasteiger partial charge on any atom is 0.320 e. The summed E-state index contributed by atoms with van der Waals surface area (Å²) in [5.74, 6) is -2.75. The van der Waals surface area contributed by atoms with E-state index in [0.717, 1.165) is 19.4 Å². The Kier molecular flexibility index (Phi) is 10.1. The number of carboxylic acids is 2. The quantitative estimate of drug-likeness (QED) is 0.411. The summed E-state index contributed by atoms with van der Waals surface area (Å²) >= 11 is 1.39. The number of thiophene rings is 1. The molecule has 0 saturated heterocycles. The van der Waals surface area contributed by atoms with E-state index in [2.05, 4.69) is 5.73 Å². The summed E-state index contributed by atoms with van der Waals surface area (Å²) in [6.07, 6.45) is 2.38. The van der Waals surface area contributed by atoms with Crippen LogP contribution in [-0.2, 0) is 9.59 Å². The molecule has 1 aromatic heterocycles. The standard InChI is InChI=1S/C14H12O3S.C6H14N2O2/c1-9(14(16)17)10-4-6-11(7-5-10)13(15)12-3-2-8-18-12;7-4-2-1-3-5(8)6(9)10/h2-9H,1H3,(H,16,17);5H,1-4,7-8H2,(H,9,10)/t;5-/m.0/s1. The topological polar surface area (TPSA) is 148 Å². The number of carbonyl (C=O) groups excluding carboxylic acids is 2. The smallest absolute Gasteiger partial charge is 0.320 e. The molecule has 0 aliphatic carbocycles. The summed E-state index contributed by atoms with van der Waals surface area (Å²) < 4.78 is 0. The van der Waals surface area contributed by atoms with Crippen molar-refractivity contribution >= 4 is 29.1 Å². The molecular formula is C20H26N2O5S. The summed E-state index contributed by atoms with van der Waals surface area (Å²) in [5, 5.41) is 20.9. The summed E-state index contributed by atoms with van der Waals surface area (Å²) in [6.45, 7) is 2.41. The van der Waals surface area contributed by atoms with Gasteiger partial charge in [-0.25, -0.2) is 0 Å². The van der Waals surface area contributed by atoms with Crippen molar-refractivity contribution in [3.05, 3.63) is 57.8 Å². The van der Waals surface area contributed by atoms with Crippen molar-refractivity contribution in [2.45, 2.75) is 38.1 Å². The molecule has 2 rings (SSSR count). The molecule has 2 atom stereocenters. The molecule has 6 N–H and O–H groups in total. The Morgan fingerprint density at radius 2 is 1.82 bits per heavy atom. The van der Waals surface area contributed by atoms with Gasteiger partial charge in [-0.05, 0) is 36.3 Å². The first-order valence-corrected chi connectivity index (χ1v) is 9.82. The number of aliphatic carboxylic acids is 2. The number of benzene rings is 1. The largest absolute Gasteiger partial charge is 0.550 e. The highest BCUT2D eigenvalue weighted by Crippen LogP contribution is 2.19. The van der Waals surface area contributed by atoms with Crippen LogP contribution in [0, 0.1) is 0 Å². The monoisotopic (exact) mass is 406 g/mol. The third-order valence-electron chi connectivity index (χ3n) is 4.10. The zero-order valence-electron chi connectivity index (χ0n) is 15.8. The highest BCUT2D eigenvalue weighted by atomic mass is 32.1. The van der Waals surface area contributed by atoms with Gasteiger partial charge in [-0.3, -0.25) is 9.59 Å².